The van der Waals surface area contributed by atoms with E-state index in [0.29, 0.717) is 18.3 Å². The number of ether oxygens (including phenoxy) is 1. The minimum Gasteiger partial charge on any atom is -0.471 e. The van der Waals surface area contributed by atoms with Crippen molar-refractivity contribution in [2.45, 2.75) is 45.6 Å². The summed E-state index contributed by atoms with van der Waals surface area (Å²) >= 11 is 0. The number of hydrogen-bond acceptors (Lipinski definition) is 5. The van der Waals surface area contributed by atoms with E-state index in [2.05, 4.69) is 44.6 Å². The standard InChI is InChI=1S/C24H28N4O3S/c1-17(2)28-16-31-23-13-18(7-8-22(23)28)14-25-32(29,30)26-15-19-11-20-5-3-9-27-10-4-6-21(12-19)24(20)27/h7-8,11-15,17H,3-6,9-10,16H2,1-2H3. The Kier molecular flexibility index (Phi) is 5.41. The normalized spacial score (nSPS) is 17.8. The van der Waals surface area contributed by atoms with Crippen molar-refractivity contribution in [3.8, 4) is 5.75 Å². The molecule has 0 aromatic heterocycles. The summed E-state index contributed by atoms with van der Waals surface area (Å²) in [6, 6.07) is 10.0. The second-order valence-corrected chi connectivity index (χ2v) is 10.2. The maximum atomic E-state index is 12.4. The molecule has 7 nitrogen and oxygen atoms in total. The highest BCUT2D eigenvalue weighted by atomic mass is 32.2. The Hall–Kier alpha value is -2.87. The molecule has 0 saturated heterocycles. The molecule has 3 aliphatic heterocycles. The number of fused-ring (bicyclic) bond motifs is 1. The lowest BCUT2D eigenvalue weighted by molar-refractivity contribution is 0.339. The summed E-state index contributed by atoms with van der Waals surface area (Å²) in [6.07, 6.45) is 7.07. The lowest BCUT2D eigenvalue weighted by Crippen LogP contribution is -2.34. The van der Waals surface area contributed by atoms with Gasteiger partial charge in [-0.3, -0.25) is 0 Å². The van der Waals surface area contributed by atoms with E-state index >= 15 is 0 Å². The fourth-order valence-corrected chi connectivity index (χ4v) is 5.35. The zero-order valence-corrected chi connectivity index (χ0v) is 19.3. The number of benzene rings is 2. The molecule has 0 atom stereocenters. The first-order chi connectivity index (χ1) is 15.4. The van der Waals surface area contributed by atoms with Gasteiger partial charge in [-0.2, -0.15) is 17.2 Å². The first-order valence-electron chi connectivity index (χ1n) is 11.2. The predicted octanol–water partition coefficient (Wildman–Crippen LogP) is 3.73. The van der Waals surface area contributed by atoms with Crippen LogP contribution in [0.1, 0.15) is 48.9 Å². The van der Waals surface area contributed by atoms with Gasteiger partial charge in [0.25, 0.3) is 0 Å². The Bertz CT molecular complexity index is 1170. The van der Waals surface area contributed by atoms with Crippen molar-refractivity contribution < 1.29 is 13.2 Å². The van der Waals surface area contributed by atoms with Crippen molar-refractivity contribution in [1.29, 1.82) is 0 Å². The van der Waals surface area contributed by atoms with Crippen molar-refractivity contribution in [3.05, 3.63) is 52.6 Å². The Morgan fingerprint density at radius 2 is 1.62 bits per heavy atom. The number of nitrogens with zero attached hydrogens (tertiary/aromatic N) is 4. The quantitative estimate of drug-likeness (QED) is 0.646. The third-order valence-corrected chi connectivity index (χ3v) is 7.04. The zero-order valence-electron chi connectivity index (χ0n) is 18.5. The summed E-state index contributed by atoms with van der Waals surface area (Å²) in [5, 5.41) is 0. The number of rotatable bonds is 5. The molecule has 5 rings (SSSR count). The molecule has 0 aliphatic carbocycles. The Morgan fingerprint density at radius 3 is 2.28 bits per heavy atom. The molecule has 3 heterocycles. The van der Waals surface area contributed by atoms with Crippen LogP contribution in [0.25, 0.3) is 0 Å². The molecule has 0 radical (unpaired) electrons. The molecule has 0 spiro atoms. The molecule has 0 unspecified atom stereocenters. The maximum absolute atomic E-state index is 12.4. The van der Waals surface area contributed by atoms with Crippen LogP contribution >= 0.6 is 0 Å². The van der Waals surface area contributed by atoms with Crippen molar-refractivity contribution in [2.24, 2.45) is 8.80 Å². The molecule has 32 heavy (non-hydrogen) atoms. The van der Waals surface area contributed by atoms with E-state index in [4.69, 9.17) is 4.74 Å². The molecule has 8 heteroatoms. The second-order valence-electron chi connectivity index (χ2n) is 8.86. The minimum atomic E-state index is -3.98. The second kappa shape index (κ2) is 8.24. The van der Waals surface area contributed by atoms with E-state index < -0.39 is 10.2 Å². The summed E-state index contributed by atoms with van der Waals surface area (Å²) in [5.74, 6) is 0.737. The summed E-state index contributed by atoms with van der Waals surface area (Å²) in [6.45, 7) is 6.92. The van der Waals surface area contributed by atoms with Crippen molar-refractivity contribution >= 4 is 34.0 Å². The molecule has 0 amide bonds. The van der Waals surface area contributed by atoms with Crippen molar-refractivity contribution in [1.82, 2.24) is 0 Å². The van der Waals surface area contributed by atoms with Crippen LogP contribution in [0.2, 0.25) is 0 Å². The van der Waals surface area contributed by atoms with Crippen LogP contribution in [0.5, 0.6) is 5.75 Å². The third-order valence-electron chi connectivity index (χ3n) is 6.30. The largest absolute Gasteiger partial charge is 0.471 e. The SMILES string of the molecule is CC(C)N1COc2cc(C=NS(=O)(=O)N=Cc3cc4c5c(c3)CCCN5CCC4)ccc21. The van der Waals surface area contributed by atoms with Gasteiger partial charge in [0, 0.05) is 37.2 Å². The Balaban J connectivity index is 1.34. The highest BCUT2D eigenvalue weighted by Crippen LogP contribution is 2.36. The molecule has 2 aromatic carbocycles. The first kappa shape index (κ1) is 21.0. The maximum Gasteiger partial charge on any atom is 0.362 e. The van der Waals surface area contributed by atoms with E-state index in [9.17, 15) is 8.42 Å². The molecule has 0 fully saturated rings. The average Bonchev–Trinajstić information content (AvgIpc) is 3.21. The van der Waals surface area contributed by atoms with Crippen molar-refractivity contribution in [2.75, 3.05) is 29.6 Å². The van der Waals surface area contributed by atoms with Crippen LogP contribution in [0.15, 0.2) is 39.1 Å². The highest BCUT2D eigenvalue weighted by molar-refractivity contribution is 7.89. The lowest BCUT2D eigenvalue weighted by atomic mass is 9.90. The van der Waals surface area contributed by atoms with Gasteiger partial charge in [-0.1, -0.05) is 6.07 Å². The van der Waals surface area contributed by atoms with Gasteiger partial charge < -0.3 is 14.5 Å². The fraction of sp³-hybridized carbons (Fsp3) is 0.417. The van der Waals surface area contributed by atoms with Crippen LogP contribution in [-0.4, -0.2) is 46.7 Å². The van der Waals surface area contributed by atoms with Gasteiger partial charge >= 0.3 is 10.2 Å². The first-order valence-corrected chi connectivity index (χ1v) is 12.6. The topological polar surface area (TPSA) is 74.6 Å². The monoisotopic (exact) mass is 452 g/mol. The van der Waals surface area contributed by atoms with Gasteiger partial charge in [0.2, 0.25) is 0 Å². The zero-order chi connectivity index (χ0) is 22.3. The summed E-state index contributed by atoms with van der Waals surface area (Å²) in [7, 11) is -3.98. The van der Waals surface area contributed by atoms with Crippen LogP contribution in [0.4, 0.5) is 11.4 Å². The van der Waals surface area contributed by atoms with Gasteiger partial charge in [0.1, 0.15) is 5.75 Å². The number of hydrogen-bond donors (Lipinski definition) is 0. The summed E-state index contributed by atoms with van der Waals surface area (Å²) in [4.78, 5) is 4.60. The molecule has 0 N–H and O–H groups in total. The minimum absolute atomic E-state index is 0.326. The smallest absolute Gasteiger partial charge is 0.362 e. The van der Waals surface area contributed by atoms with Gasteiger partial charge in [0.15, 0.2) is 6.73 Å². The van der Waals surface area contributed by atoms with E-state index in [1.54, 1.807) is 6.07 Å². The molecule has 0 saturated carbocycles. The van der Waals surface area contributed by atoms with Crippen LogP contribution in [0.3, 0.4) is 0 Å². The third kappa shape index (κ3) is 4.11. The highest BCUT2D eigenvalue weighted by Gasteiger charge is 2.24. The molecular weight excluding hydrogens is 424 g/mol. The van der Waals surface area contributed by atoms with Gasteiger partial charge in [0.05, 0.1) is 5.69 Å². The Labute approximate surface area is 189 Å². The fourth-order valence-electron chi connectivity index (χ4n) is 4.79. The average molecular weight is 453 g/mol. The molecule has 168 valence electrons. The van der Waals surface area contributed by atoms with Crippen LogP contribution in [-0.2, 0) is 23.1 Å². The van der Waals surface area contributed by atoms with Gasteiger partial charge in [-0.15, -0.1) is 0 Å². The van der Waals surface area contributed by atoms with E-state index in [1.807, 2.05) is 12.1 Å². The van der Waals surface area contributed by atoms with Crippen LogP contribution in [0, 0.1) is 0 Å². The molecule has 0 bridgehead atoms. The van der Waals surface area contributed by atoms with Crippen LogP contribution < -0.4 is 14.5 Å². The number of aryl methyl sites for hydroxylation is 2. The van der Waals surface area contributed by atoms with Gasteiger partial charge in [-0.25, -0.2) is 0 Å². The van der Waals surface area contributed by atoms with E-state index in [1.165, 1.54) is 29.2 Å². The molecule has 3 aliphatic rings. The van der Waals surface area contributed by atoms with Gasteiger partial charge in [-0.05, 0) is 86.1 Å². The van der Waals surface area contributed by atoms with Crippen molar-refractivity contribution in [3.63, 3.8) is 0 Å². The number of anilines is 2. The predicted molar refractivity (Wildman–Crippen MR) is 129 cm³/mol. The molecular formula is C24H28N4O3S. The Morgan fingerprint density at radius 1 is 0.969 bits per heavy atom. The molecule has 2 aromatic rings. The lowest BCUT2D eigenvalue weighted by Gasteiger charge is -2.37. The summed E-state index contributed by atoms with van der Waals surface area (Å²) in [5.41, 5.74) is 6.43. The summed E-state index contributed by atoms with van der Waals surface area (Å²) < 4.78 is 38.1. The van der Waals surface area contributed by atoms with E-state index in [0.717, 1.165) is 55.8 Å². The van der Waals surface area contributed by atoms with E-state index in [-0.39, 0.29) is 0 Å².